The number of nitrogens with zero attached hydrogens (tertiary/aromatic N) is 1. The van der Waals surface area contributed by atoms with Crippen molar-refractivity contribution in [3.8, 4) is 6.07 Å². The molecule has 0 bridgehead atoms. The lowest BCUT2D eigenvalue weighted by atomic mass is 9.88. The topological polar surface area (TPSA) is 52.9 Å². The SMILES string of the molecule is N#CC1(NC(=O)C2(c3ccccc3)CC2)CCCCCC1. The molecule has 0 heterocycles. The van der Waals surface area contributed by atoms with Gasteiger partial charge in [-0.3, -0.25) is 4.79 Å². The zero-order valence-electron chi connectivity index (χ0n) is 12.4. The molecule has 1 amide bonds. The zero-order chi connectivity index (χ0) is 14.8. The standard InChI is InChI=1S/C18H22N2O/c19-14-17(10-6-1-2-7-11-17)20-16(21)18(12-13-18)15-8-4-3-5-9-15/h3-5,8-9H,1-2,6-7,10-13H2,(H,20,21). The van der Waals surface area contributed by atoms with Gasteiger partial charge in [0.2, 0.25) is 5.91 Å². The van der Waals surface area contributed by atoms with Crippen molar-refractivity contribution < 1.29 is 4.79 Å². The maximum absolute atomic E-state index is 12.8. The summed E-state index contributed by atoms with van der Waals surface area (Å²) < 4.78 is 0. The first-order valence-electron chi connectivity index (χ1n) is 8.00. The van der Waals surface area contributed by atoms with Gasteiger partial charge in [0.05, 0.1) is 11.5 Å². The van der Waals surface area contributed by atoms with Crippen LogP contribution in [0, 0.1) is 11.3 Å². The molecule has 2 aliphatic carbocycles. The lowest BCUT2D eigenvalue weighted by Gasteiger charge is -2.29. The zero-order valence-corrected chi connectivity index (χ0v) is 12.4. The Kier molecular flexibility index (Phi) is 3.71. The molecule has 3 heteroatoms. The van der Waals surface area contributed by atoms with Gasteiger partial charge in [-0.1, -0.05) is 56.0 Å². The van der Waals surface area contributed by atoms with Gasteiger partial charge in [0, 0.05) is 0 Å². The van der Waals surface area contributed by atoms with Crippen LogP contribution in [-0.4, -0.2) is 11.4 Å². The number of nitriles is 1. The van der Waals surface area contributed by atoms with Crippen LogP contribution in [0.5, 0.6) is 0 Å². The molecule has 3 nitrogen and oxygen atoms in total. The van der Waals surface area contributed by atoms with E-state index in [0.717, 1.165) is 44.1 Å². The van der Waals surface area contributed by atoms with Gasteiger partial charge >= 0.3 is 0 Å². The summed E-state index contributed by atoms with van der Waals surface area (Å²) in [4.78, 5) is 12.8. The minimum atomic E-state index is -0.641. The van der Waals surface area contributed by atoms with Crippen LogP contribution in [0.4, 0.5) is 0 Å². The Bertz CT molecular complexity index is 546. The first-order valence-corrected chi connectivity index (χ1v) is 8.00. The number of benzene rings is 1. The number of hydrogen-bond donors (Lipinski definition) is 1. The van der Waals surface area contributed by atoms with Crippen molar-refractivity contribution in [3.05, 3.63) is 35.9 Å². The largest absolute Gasteiger partial charge is 0.337 e. The highest BCUT2D eigenvalue weighted by Crippen LogP contribution is 2.48. The van der Waals surface area contributed by atoms with E-state index in [9.17, 15) is 10.1 Å². The lowest BCUT2D eigenvalue weighted by molar-refractivity contribution is -0.125. The molecule has 2 saturated carbocycles. The maximum atomic E-state index is 12.8. The van der Waals surface area contributed by atoms with Crippen molar-refractivity contribution in [2.45, 2.75) is 62.3 Å². The molecule has 2 fully saturated rings. The van der Waals surface area contributed by atoms with Crippen LogP contribution in [-0.2, 0) is 10.2 Å². The van der Waals surface area contributed by atoms with E-state index in [1.165, 1.54) is 12.8 Å². The normalized spacial score (nSPS) is 22.6. The van der Waals surface area contributed by atoms with Gasteiger partial charge in [0.25, 0.3) is 0 Å². The summed E-state index contributed by atoms with van der Waals surface area (Å²) in [7, 11) is 0. The average molecular weight is 282 g/mol. The van der Waals surface area contributed by atoms with Crippen LogP contribution < -0.4 is 5.32 Å². The van der Waals surface area contributed by atoms with E-state index < -0.39 is 5.54 Å². The van der Waals surface area contributed by atoms with E-state index in [4.69, 9.17) is 0 Å². The van der Waals surface area contributed by atoms with Crippen molar-refractivity contribution in [1.82, 2.24) is 5.32 Å². The van der Waals surface area contributed by atoms with Crippen LogP contribution in [0.2, 0.25) is 0 Å². The summed E-state index contributed by atoms with van der Waals surface area (Å²) in [6.45, 7) is 0. The molecule has 21 heavy (non-hydrogen) atoms. The van der Waals surface area contributed by atoms with E-state index in [0.29, 0.717) is 0 Å². The fourth-order valence-corrected chi connectivity index (χ4v) is 3.46. The molecule has 0 aliphatic heterocycles. The fourth-order valence-electron chi connectivity index (χ4n) is 3.46. The molecule has 110 valence electrons. The summed E-state index contributed by atoms with van der Waals surface area (Å²) in [6, 6.07) is 12.4. The summed E-state index contributed by atoms with van der Waals surface area (Å²) in [5, 5.41) is 12.7. The lowest BCUT2D eigenvalue weighted by Crippen LogP contribution is -2.50. The van der Waals surface area contributed by atoms with Crippen LogP contribution in [0.3, 0.4) is 0 Å². The average Bonchev–Trinajstić information content (AvgIpc) is 3.34. The molecule has 0 atom stereocenters. The van der Waals surface area contributed by atoms with E-state index in [1.807, 2.05) is 30.3 Å². The maximum Gasteiger partial charge on any atom is 0.231 e. The Balaban J connectivity index is 1.78. The second-order valence-corrected chi connectivity index (χ2v) is 6.51. The van der Waals surface area contributed by atoms with Crippen molar-refractivity contribution in [1.29, 1.82) is 5.26 Å². The predicted octanol–water partition coefficient (Wildman–Crippen LogP) is 3.45. The number of hydrogen-bond acceptors (Lipinski definition) is 2. The highest BCUT2D eigenvalue weighted by molar-refractivity contribution is 5.92. The van der Waals surface area contributed by atoms with Crippen LogP contribution in [0.1, 0.15) is 56.9 Å². The molecular formula is C18H22N2O. The predicted molar refractivity (Wildman–Crippen MR) is 81.5 cm³/mol. The third kappa shape index (κ3) is 2.68. The summed E-state index contributed by atoms with van der Waals surface area (Å²) >= 11 is 0. The van der Waals surface area contributed by atoms with Gasteiger partial charge in [-0.25, -0.2) is 0 Å². The van der Waals surface area contributed by atoms with Crippen molar-refractivity contribution >= 4 is 5.91 Å². The molecule has 0 unspecified atom stereocenters. The molecule has 2 aliphatic rings. The first-order chi connectivity index (χ1) is 10.2. The molecule has 1 aromatic rings. The quantitative estimate of drug-likeness (QED) is 0.863. The van der Waals surface area contributed by atoms with Gasteiger partial charge in [-0.05, 0) is 31.2 Å². The summed E-state index contributed by atoms with van der Waals surface area (Å²) in [5.74, 6) is 0.0529. The fraction of sp³-hybridized carbons (Fsp3) is 0.556. The van der Waals surface area contributed by atoms with Crippen molar-refractivity contribution in [2.24, 2.45) is 0 Å². The Labute approximate surface area is 126 Å². The smallest absolute Gasteiger partial charge is 0.231 e. The molecule has 0 aromatic heterocycles. The number of amides is 1. The molecule has 3 rings (SSSR count). The van der Waals surface area contributed by atoms with Gasteiger partial charge in [0.15, 0.2) is 0 Å². The number of carbonyl (C=O) groups is 1. The molecule has 0 spiro atoms. The molecule has 0 saturated heterocycles. The molecular weight excluding hydrogens is 260 g/mol. The van der Waals surface area contributed by atoms with Crippen molar-refractivity contribution in [2.75, 3.05) is 0 Å². The Morgan fingerprint density at radius 3 is 2.14 bits per heavy atom. The minimum Gasteiger partial charge on any atom is -0.337 e. The van der Waals surface area contributed by atoms with Gasteiger partial charge in [-0.2, -0.15) is 5.26 Å². The van der Waals surface area contributed by atoms with E-state index in [1.54, 1.807) is 0 Å². The molecule has 1 aromatic carbocycles. The summed E-state index contributed by atoms with van der Waals surface area (Å²) in [5.41, 5.74) is 0.0687. The monoisotopic (exact) mass is 282 g/mol. The number of carbonyl (C=O) groups excluding carboxylic acids is 1. The second kappa shape index (κ2) is 5.52. The van der Waals surface area contributed by atoms with E-state index in [-0.39, 0.29) is 11.3 Å². The highest BCUT2D eigenvalue weighted by atomic mass is 16.2. The van der Waals surface area contributed by atoms with Crippen LogP contribution >= 0.6 is 0 Å². The Hall–Kier alpha value is -1.82. The molecule has 0 radical (unpaired) electrons. The van der Waals surface area contributed by atoms with E-state index in [2.05, 4.69) is 11.4 Å². The van der Waals surface area contributed by atoms with Gasteiger partial charge < -0.3 is 5.32 Å². The summed E-state index contributed by atoms with van der Waals surface area (Å²) in [6.07, 6.45) is 7.78. The van der Waals surface area contributed by atoms with Crippen molar-refractivity contribution in [3.63, 3.8) is 0 Å². The van der Waals surface area contributed by atoms with E-state index >= 15 is 0 Å². The molecule has 1 N–H and O–H groups in total. The minimum absolute atomic E-state index is 0.0529. The Morgan fingerprint density at radius 1 is 1.00 bits per heavy atom. The third-order valence-corrected chi connectivity index (χ3v) is 5.03. The third-order valence-electron chi connectivity index (χ3n) is 5.03. The van der Waals surface area contributed by atoms with Gasteiger partial charge in [-0.15, -0.1) is 0 Å². The highest BCUT2D eigenvalue weighted by Gasteiger charge is 2.53. The number of rotatable bonds is 3. The second-order valence-electron chi connectivity index (χ2n) is 6.51. The number of nitrogens with one attached hydrogen (secondary N) is 1. The van der Waals surface area contributed by atoms with Gasteiger partial charge in [0.1, 0.15) is 5.54 Å². The van der Waals surface area contributed by atoms with Crippen LogP contribution in [0.25, 0.3) is 0 Å². The van der Waals surface area contributed by atoms with Crippen LogP contribution in [0.15, 0.2) is 30.3 Å². The first kappa shape index (κ1) is 14.1. The Morgan fingerprint density at radius 2 is 1.62 bits per heavy atom.